The van der Waals surface area contributed by atoms with Gasteiger partial charge in [0.15, 0.2) is 5.58 Å². The van der Waals surface area contributed by atoms with Crippen molar-refractivity contribution in [1.82, 2.24) is 9.97 Å². The fourth-order valence-corrected chi connectivity index (χ4v) is 1.90. The lowest BCUT2D eigenvalue weighted by Crippen LogP contribution is -1.88. The highest BCUT2D eigenvalue weighted by Gasteiger charge is 2.15. The van der Waals surface area contributed by atoms with E-state index in [1.807, 2.05) is 0 Å². The number of pyridine rings is 1. The molecule has 6 heteroatoms. The average Bonchev–Trinajstić information content (AvgIpc) is 2.84. The Morgan fingerprint density at radius 2 is 2.00 bits per heavy atom. The number of aryl methyl sites for hydroxylation is 1. The van der Waals surface area contributed by atoms with Crippen LogP contribution in [-0.4, -0.2) is 14.9 Å². The summed E-state index contributed by atoms with van der Waals surface area (Å²) in [6, 6.07) is 6.43. The summed E-state index contributed by atoms with van der Waals surface area (Å²) in [5, 5.41) is 10.8. The number of oxazole rings is 1. The van der Waals surface area contributed by atoms with Crippen molar-refractivity contribution < 1.29 is 9.34 Å². The van der Waals surface area contributed by atoms with E-state index in [1.165, 1.54) is 12.1 Å². The van der Waals surface area contributed by atoms with E-state index in [-0.39, 0.29) is 5.69 Å². The third kappa shape index (κ3) is 1.93. The Bertz CT molecular complexity index is 765. The lowest BCUT2D eigenvalue weighted by atomic mass is 10.2. The molecule has 0 unspecified atom stereocenters. The molecule has 0 saturated carbocycles. The van der Waals surface area contributed by atoms with E-state index in [0.717, 1.165) is 5.56 Å². The molecule has 0 aliphatic heterocycles. The van der Waals surface area contributed by atoms with Gasteiger partial charge in [-0.1, -0.05) is 0 Å². The largest absolute Gasteiger partial charge is 0.436 e. The van der Waals surface area contributed by atoms with Gasteiger partial charge >= 0.3 is 0 Å². The lowest BCUT2D eigenvalue weighted by Gasteiger charge is -1.94. The van der Waals surface area contributed by atoms with Crippen LogP contribution in [0.4, 0.5) is 5.69 Å². The predicted octanol–water partition coefficient (Wildman–Crippen LogP) is 3.11. The van der Waals surface area contributed by atoms with E-state index in [4.69, 9.17) is 4.42 Å². The molecule has 6 nitrogen and oxygen atoms in total. The molecular weight excluding hydrogens is 246 g/mol. The lowest BCUT2D eigenvalue weighted by molar-refractivity contribution is -0.384. The Kier molecular flexibility index (Phi) is 2.49. The highest BCUT2D eigenvalue weighted by atomic mass is 16.6. The van der Waals surface area contributed by atoms with Crippen LogP contribution in [0, 0.1) is 17.0 Å². The number of non-ortho nitro benzene ring substituents is 1. The smallest absolute Gasteiger partial charge is 0.272 e. The first kappa shape index (κ1) is 11.3. The van der Waals surface area contributed by atoms with Gasteiger partial charge in [-0.25, -0.2) is 4.98 Å². The van der Waals surface area contributed by atoms with E-state index in [2.05, 4.69) is 9.97 Å². The van der Waals surface area contributed by atoms with Crippen LogP contribution in [0.1, 0.15) is 5.56 Å². The summed E-state index contributed by atoms with van der Waals surface area (Å²) in [7, 11) is 0. The van der Waals surface area contributed by atoms with Crippen molar-refractivity contribution in [2.24, 2.45) is 0 Å². The molecule has 94 valence electrons. The molecule has 2 heterocycles. The molecule has 0 bridgehead atoms. The molecule has 0 fully saturated rings. The molecule has 0 amide bonds. The number of benzene rings is 1. The molecule has 0 aliphatic carbocycles. The fourth-order valence-electron chi connectivity index (χ4n) is 1.90. The second-order valence-electron chi connectivity index (χ2n) is 4.12. The number of fused-ring (bicyclic) bond motifs is 1. The SMILES string of the molecule is Cc1cc([N+](=O)[O-])cc2nc(-c3ccncc3)oc12. The number of rotatable bonds is 2. The Hall–Kier alpha value is -2.76. The summed E-state index contributed by atoms with van der Waals surface area (Å²) in [4.78, 5) is 18.6. The molecule has 1 aromatic carbocycles. The molecule has 0 aliphatic rings. The van der Waals surface area contributed by atoms with Crippen molar-refractivity contribution >= 4 is 16.8 Å². The van der Waals surface area contributed by atoms with Gasteiger partial charge in [-0.05, 0) is 19.1 Å². The second kappa shape index (κ2) is 4.16. The van der Waals surface area contributed by atoms with Crippen LogP contribution in [0.25, 0.3) is 22.6 Å². The number of hydrogen-bond donors (Lipinski definition) is 0. The molecular formula is C13H9N3O3. The van der Waals surface area contributed by atoms with Crippen molar-refractivity contribution in [3.05, 3.63) is 52.3 Å². The summed E-state index contributed by atoms with van der Waals surface area (Å²) in [6.45, 7) is 1.76. The fraction of sp³-hybridized carbons (Fsp3) is 0.0769. The minimum absolute atomic E-state index is 0.0135. The van der Waals surface area contributed by atoms with Crippen molar-refractivity contribution in [1.29, 1.82) is 0 Å². The average molecular weight is 255 g/mol. The Morgan fingerprint density at radius 1 is 1.26 bits per heavy atom. The van der Waals surface area contributed by atoms with E-state index < -0.39 is 4.92 Å². The van der Waals surface area contributed by atoms with Crippen molar-refractivity contribution in [3.8, 4) is 11.5 Å². The van der Waals surface area contributed by atoms with Gasteiger partial charge in [0.05, 0.1) is 4.92 Å². The monoisotopic (exact) mass is 255 g/mol. The van der Waals surface area contributed by atoms with Gasteiger partial charge in [0.25, 0.3) is 5.69 Å². The minimum atomic E-state index is -0.437. The molecule has 0 saturated heterocycles. The van der Waals surface area contributed by atoms with Crippen LogP contribution in [0.15, 0.2) is 41.1 Å². The summed E-state index contributed by atoms with van der Waals surface area (Å²) in [5.41, 5.74) is 2.54. The quantitative estimate of drug-likeness (QED) is 0.519. The Balaban J connectivity index is 2.21. The minimum Gasteiger partial charge on any atom is -0.436 e. The van der Waals surface area contributed by atoms with Crippen LogP contribution in [0.2, 0.25) is 0 Å². The summed E-state index contributed by atoms with van der Waals surface area (Å²) in [5.74, 6) is 0.431. The van der Waals surface area contributed by atoms with E-state index in [9.17, 15) is 10.1 Å². The molecule has 0 spiro atoms. The van der Waals surface area contributed by atoms with Gasteiger partial charge in [0, 0.05) is 35.7 Å². The third-order valence-electron chi connectivity index (χ3n) is 2.80. The van der Waals surface area contributed by atoms with Crippen LogP contribution in [-0.2, 0) is 0 Å². The Morgan fingerprint density at radius 3 is 2.68 bits per heavy atom. The molecule has 0 atom stereocenters. The number of hydrogen-bond acceptors (Lipinski definition) is 5. The molecule has 3 rings (SSSR count). The number of nitrogens with zero attached hydrogens (tertiary/aromatic N) is 3. The molecule has 3 aromatic rings. The van der Waals surface area contributed by atoms with Gasteiger partial charge in [-0.2, -0.15) is 0 Å². The normalized spacial score (nSPS) is 10.8. The van der Waals surface area contributed by atoms with Crippen LogP contribution >= 0.6 is 0 Å². The number of nitro benzene ring substituents is 1. The van der Waals surface area contributed by atoms with Gasteiger partial charge in [-0.15, -0.1) is 0 Å². The van der Waals surface area contributed by atoms with Gasteiger partial charge in [0.1, 0.15) is 5.52 Å². The maximum Gasteiger partial charge on any atom is 0.272 e. The van der Waals surface area contributed by atoms with E-state index in [0.29, 0.717) is 22.6 Å². The summed E-state index contributed by atoms with van der Waals surface area (Å²) < 4.78 is 5.66. The van der Waals surface area contributed by atoms with Crippen molar-refractivity contribution in [3.63, 3.8) is 0 Å². The maximum atomic E-state index is 10.8. The van der Waals surface area contributed by atoms with Gasteiger partial charge < -0.3 is 4.42 Å². The molecule has 0 N–H and O–H groups in total. The number of aromatic nitrogens is 2. The highest BCUT2D eigenvalue weighted by molar-refractivity contribution is 5.81. The van der Waals surface area contributed by atoms with Crippen LogP contribution in [0.3, 0.4) is 0 Å². The zero-order valence-corrected chi connectivity index (χ0v) is 10.0. The topological polar surface area (TPSA) is 82.1 Å². The first-order valence-electron chi connectivity index (χ1n) is 5.61. The Labute approximate surface area is 107 Å². The predicted molar refractivity (Wildman–Crippen MR) is 68.6 cm³/mol. The van der Waals surface area contributed by atoms with Crippen LogP contribution in [0.5, 0.6) is 0 Å². The summed E-state index contributed by atoms with van der Waals surface area (Å²) in [6.07, 6.45) is 3.28. The molecule has 0 radical (unpaired) electrons. The number of nitro groups is 1. The van der Waals surface area contributed by atoms with Crippen LogP contribution < -0.4 is 0 Å². The first-order chi connectivity index (χ1) is 9.15. The third-order valence-corrected chi connectivity index (χ3v) is 2.80. The van der Waals surface area contributed by atoms with Crippen molar-refractivity contribution in [2.75, 3.05) is 0 Å². The zero-order chi connectivity index (χ0) is 13.4. The maximum absolute atomic E-state index is 10.8. The van der Waals surface area contributed by atoms with E-state index in [1.54, 1.807) is 31.5 Å². The standard InChI is InChI=1S/C13H9N3O3/c1-8-6-10(16(17)18)7-11-12(8)19-13(15-11)9-2-4-14-5-3-9/h2-7H,1H3. The van der Waals surface area contributed by atoms with Gasteiger partial charge in [0.2, 0.25) is 5.89 Å². The highest BCUT2D eigenvalue weighted by Crippen LogP contribution is 2.29. The zero-order valence-electron chi connectivity index (χ0n) is 10.0. The van der Waals surface area contributed by atoms with Crippen molar-refractivity contribution in [2.45, 2.75) is 6.92 Å². The summed E-state index contributed by atoms with van der Waals surface area (Å²) >= 11 is 0. The molecule has 2 aromatic heterocycles. The van der Waals surface area contributed by atoms with E-state index >= 15 is 0 Å². The molecule has 19 heavy (non-hydrogen) atoms. The second-order valence-corrected chi connectivity index (χ2v) is 4.12. The van der Waals surface area contributed by atoms with Gasteiger partial charge in [-0.3, -0.25) is 15.1 Å². The first-order valence-corrected chi connectivity index (χ1v) is 5.61.